The zero-order chi connectivity index (χ0) is 11.4. The molecule has 1 atom stereocenters. The number of hydrogen-bond acceptors (Lipinski definition) is 4. The van der Waals surface area contributed by atoms with E-state index in [0.29, 0.717) is 17.1 Å². The number of esters is 1. The predicted octanol–water partition coefficient (Wildman–Crippen LogP) is 0.965. The van der Waals surface area contributed by atoms with Gasteiger partial charge in [-0.1, -0.05) is 11.6 Å². The predicted molar refractivity (Wildman–Crippen MR) is 59.6 cm³/mol. The molecule has 0 spiro atoms. The summed E-state index contributed by atoms with van der Waals surface area (Å²) < 4.78 is 4.52. The minimum atomic E-state index is -0.712. The maximum Gasteiger partial charge on any atom is 0.322 e. The van der Waals surface area contributed by atoms with Crippen LogP contribution in [0, 0.1) is 0 Å². The lowest BCUT2D eigenvalue weighted by Crippen LogP contribution is -2.33. The van der Waals surface area contributed by atoms with E-state index in [9.17, 15) is 4.79 Å². The van der Waals surface area contributed by atoms with E-state index in [1.165, 1.54) is 7.11 Å². The first-order chi connectivity index (χ1) is 7.04. The number of nitrogen functional groups attached to an aromatic ring is 1. The summed E-state index contributed by atoms with van der Waals surface area (Å²) in [7, 11) is 1.30. The molecule has 0 fully saturated rings. The van der Waals surface area contributed by atoms with Crippen LogP contribution < -0.4 is 11.5 Å². The second-order valence-corrected chi connectivity index (χ2v) is 3.61. The summed E-state index contributed by atoms with van der Waals surface area (Å²) in [6.45, 7) is 0. The van der Waals surface area contributed by atoms with Crippen LogP contribution in [0.1, 0.15) is 5.56 Å². The Morgan fingerprint density at radius 1 is 1.60 bits per heavy atom. The number of benzene rings is 1. The van der Waals surface area contributed by atoms with Crippen molar-refractivity contribution in [2.45, 2.75) is 12.5 Å². The summed E-state index contributed by atoms with van der Waals surface area (Å²) in [5, 5.41) is 0.566. The fourth-order valence-corrected chi connectivity index (χ4v) is 1.42. The summed E-state index contributed by atoms with van der Waals surface area (Å²) in [5.74, 6) is -0.464. The van der Waals surface area contributed by atoms with Crippen LogP contribution in [-0.2, 0) is 16.0 Å². The van der Waals surface area contributed by atoms with Gasteiger partial charge in [0.05, 0.1) is 7.11 Å². The molecule has 1 rings (SSSR count). The highest BCUT2D eigenvalue weighted by atomic mass is 35.5. The number of nitrogens with two attached hydrogens (primary N) is 2. The van der Waals surface area contributed by atoms with E-state index >= 15 is 0 Å². The lowest BCUT2D eigenvalue weighted by Gasteiger charge is -2.11. The van der Waals surface area contributed by atoms with Crippen molar-refractivity contribution in [1.82, 2.24) is 0 Å². The first-order valence-electron chi connectivity index (χ1n) is 4.42. The van der Waals surface area contributed by atoms with Crippen LogP contribution in [0.15, 0.2) is 18.2 Å². The van der Waals surface area contributed by atoms with Gasteiger partial charge in [-0.25, -0.2) is 0 Å². The maximum absolute atomic E-state index is 11.1. The van der Waals surface area contributed by atoms with E-state index < -0.39 is 12.0 Å². The molecule has 0 aromatic heterocycles. The van der Waals surface area contributed by atoms with Gasteiger partial charge in [0.25, 0.3) is 0 Å². The lowest BCUT2D eigenvalue weighted by atomic mass is 10.0. The van der Waals surface area contributed by atoms with Crippen LogP contribution >= 0.6 is 11.6 Å². The van der Waals surface area contributed by atoms with Crippen LogP contribution in [0.25, 0.3) is 0 Å². The molecule has 0 heterocycles. The lowest BCUT2D eigenvalue weighted by molar-refractivity contribution is -0.142. The Labute approximate surface area is 93.1 Å². The molecule has 15 heavy (non-hydrogen) atoms. The number of methoxy groups -OCH3 is 1. The van der Waals surface area contributed by atoms with Gasteiger partial charge in [-0.2, -0.15) is 0 Å². The van der Waals surface area contributed by atoms with E-state index in [1.54, 1.807) is 18.2 Å². The zero-order valence-corrected chi connectivity index (χ0v) is 9.12. The highest BCUT2D eigenvalue weighted by molar-refractivity contribution is 6.30. The molecule has 1 aromatic rings. The van der Waals surface area contributed by atoms with Gasteiger partial charge in [0.15, 0.2) is 0 Å². The molecule has 0 bridgehead atoms. The van der Waals surface area contributed by atoms with Crippen LogP contribution in [0.5, 0.6) is 0 Å². The first-order valence-corrected chi connectivity index (χ1v) is 4.79. The van der Waals surface area contributed by atoms with Gasteiger partial charge in [0.2, 0.25) is 0 Å². The zero-order valence-electron chi connectivity index (χ0n) is 8.37. The second-order valence-electron chi connectivity index (χ2n) is 3.18. The third kappa shape index (κ3) is 3.11. The standard InChI is InChI=1S/C10H13ClN2O2/c1-15-10(14)9(13)5-6-4-7(11)2-3-8(6)12/h2-4,9H,5,12-13H2,1H3/t9-/m1/s1. The molecule has 5 heteroatoms. The van der Waals surface area contributed by atoms with Crippen molar-refractivity contribution in [3.63, 3.8) is 0 Å². The molecular weight excluding hydrogens is 216 g/mol. The third-order valence-corrected chi connectivity index (χ3v) is 2.28. The summed E-state index contributed by atoms with van der Waals surface area (Å²) in [6.07, 6.45) is 0.319. The average molecular weight is 229 g/mol. The van der Waals surface area contributed by atoms with Crippen molar-refractivity contribution in [2.75, 3.05) is 12.8 Å². The van der Waals surface area contributed by atoms with Gasteiger partial charge < -0.3 is 16.2 Å². The topological polar surface area (TPSA) is 78.3 Å². The van der Waals surface area contributed by atoms with Crippen molar-refractivity contribution in [2.24, 2.45) is 5.73 Å². The van der Waals surface area contributed by atoms with Crippen LogP contribution in [0.3, 0.4) is 0 Å². The molecule has 0 saturated heterocycles. The number of halogens is 1. The van der Waals surface area contributed by atoms with Crippen molar-refractivity contribution in [1.29, 1.82) is 0 Å². The Hall–Kier alpha value is -1.26. The smallest absolute Gasteiger partial charge is 0.322 e. The van der Waals surface area contributed by atoms with E-state index in [1.807, 2.05) is 0 Å². The van der Waals surface area contributed by atoms with E-state index in [2.05, 4.69) is 4.74 Å². The van der Waals surface area contributed by atoms with Crippen molar-refractivity contribution in [3.8, 4) is 0 Å². The van der Waals surface area contributed by atoms with Crippen LogP contribution in [0.4, 0.5) is 5.69 Å². The second kappa shape index (κ2) is 5.00. The average Bonchev–Trinajstić information content (AvgIpc) is 2.22. The molecule has 1 aromatic carbocycles. The van der Waals surface area contributed by atoms with Gasteiger partial charge in [0, 0.05) is 17.1 Å². The molecule has 4 nitrogen and oxygen atoms in total. The first kappa shape index (κ1) is 11.8. The highest BCUT2D eigenvalue weighted by Crippen LogP contribution is 2.19. The van der Waals surface area contributed by atoms with Crippen molar-refractivity contribution in [3.05, 3.63) is 28.8 Å². The van der Waals surface area contributed by atoms with Crippen LogP contribution in [0.2, 0.25) is 5.02 Å². The monoisotopic (exact) mass is 228 g/mol. The fraction of sp³-hybridized carbons (Fsp3) is 0.300. The Bertz CT molecular complexity index is 368. The van der Waals surface area contributed by atoms with Crippen molar-refractivity contribution < 1.29 is 9.53 Å². The van der Waals surface area contributed by atoms with Gasteiger partial charge in [-0.05, 0) is 23.8 Å². The highest BCUT2D eigenvalue weighted by Gasteiger charge is 2.15. The largest absolute Gasteiger partial charge is 0.468 e. The molecule has 0 aliphatic rings. The summed E-state index contributed by atoms with van der Waals surface area (Å²) in [5.41, 5.74) is 12.6. The SMILES string of the molecule is COC(=O)[C@H](N)Cc1cc(Cl)ccc1N. The van der Waals surface area contributed by atoms with Gasteiger partial charge in [-0.15, -0.1) is 0 Å². The Kier molecular flexibility index (Phi) is 3.94. The summed E-state index contributed by atoms with van der Waals surface area (Å²) in [6, 6.07) is 4.35. The Balaban J connectivity index is 2.80. The normalized spacial score (nSPS) is 12.2. The van der Waals surface area contributed by atoms with E-state index in [0.717, 1.165) is 5.56 Å². The third-order valence-electron chi connectivity index (χ3n) is 2.05. The molecule has 0 amide bonds. The minimum Gasteiger partial charge on any atom is -0.468 e. The number of rotatable bonds is 3. The van der Waals surface area contributed by atoms with Crippen molar-refractivity contribution >= 4 is 23.3 Å². The molecule has 0 aliphatic carbocycles. The molecular formula is C10H13ClN2O2. The van der Waals surface area contributed by atoms with Gasteiger partial charge in [0.1, 0.15) is 6.04 Å². The molecule has 0 saturated carbocycles. The van der Waals surface area contributed by atoms with Gasteiger partial charge >= 0.3 is 5.97 Å². The minimum absolute atomic E-state index is 0.319. The van der Waals surface area contributed by atoms with Crippen LogP contribution in [-0.4, -0.2) is 19.1 Å². The number of anilines is 1. The summed E-state index contributed by atoms with van der Waals surface area (Å²) >= 11 is 5.80. The maximum atomic E-state index is 11.1. The Morgan fingerprint density at radius 2 is 2.27 bits per heavy atom. The molecule has 4 N–H and O–H groups in total. The fourth-order valence-electron chi connectivity index (χ4n) is 1.22. The molecule has 82 valence electrons. The van der Waals surface area contributed by atoms with E-state index in [4.69, 9.17) is 23.1 Å². The Morgan fingerprint density at radius 3 is 2.87 bits per heavy atom. The number of hydrogen-bond donors (Lipinski definition) is 2. The number of ether oxygens (including phenoxy) is 1. The number of carbonyl (C=O) groups excluding carboxylic acids is 1. The molecule has 0 radical (unpaired) electrons. The van der Waals surface area contributed by atoms with E-state index in [-0.39, 0.29) is 0 Å². The molecule has 0 aliphatic heterocycles. The summed E-state index contributed by atoms with van der Waals surface area (Å²) in [4.78, 5) is 11.1. The number of carbonyl (C=O) groups is 1. The quantitative estimate of drug-likeness (QED) is 0.597. The van der Waals surface area contributed by atoms with Gasteiger partial charge in [-0.3, -0.25) is 4.79 Å². The molecule has 0 unspecified atom stereocenters.